The van der Waals surface area contributed by atoms with Gasteiger partial charge >= 0.3 is 6.01 Å². The Bertz CT molecular complexity index is 660. The number of aromatic nitrogens is 2. The van der Waals surface area contributed by atoms with Gasteiger partial charge in [0.2, 0.25) is 5.91 Å². The molecule has 6 nitrogen and oxygen atoms in total. The van der Waals surface area contributed by atoms with Crippen LogP contribution in [0.15, 0.2) is 24.4 Å². The second-order valence-electron chi connectivity index (χ2n) is 4.91. The van der Waals surface area contributed by atoms with Gasteiger partial charge in [-0.2, -0.15) is 4.98 Å². The molecule has 3 rings (SSSR count). The van der Waals surface area contributed by atoms with Crippen LogP contribution in [0.5, 0.6) is 11.8 Å². The van der Waals surface area contributed by atoms with Gasteiger partial charge in [-0.05, 0) is 18.6 Å². The van der Waals surface area contributed by atoms with Gasteiger partial charge in [-0.25, -0.2) is 4.98 Å². The van der Waals surface area contributed by atoms with E-state index >= 15 is 0 Å². The largest absolute Gasteiger partial charge is 0.492 e. The molecule has 0 atom stereocenters. The van der Waals surface area contributed by atoms with Crippen LogP contribution in [0.2, 0.25) is 0 Å². The summed E-state index contributed by atoms with van der Waals surface area (Å²) in [7, 11) is 1.54. The van der Waals surface area contributed by atoms with Gasteiger partial charge in [0, 0.05) is 30.6 Å². The standard InChI is InChI=1S/C15H17N3O3/c1-20-15-16-10-11-4-5-12(9-13(11)17-15)21-8-7-18-6-2-3-14(18)19/h4-5,9-10H,2-3,6-8H2,1H3. The summed E-state index contributed by atoms with van der Waals surface area (Å²) in [5.41, 5.74) is 0.775. The van der Waals surface area contributed by atoms with Crippen LogP contribution in [0.3, 0.4) is 0 Å². The van der Waals surface area contributed by atoms with E-state index in [1.54, 1.807) is 6.20 Å². The SMILES string of the molecule is COc1ncc2ccc(OCCN3CCCC3=O)cc2n1. The first-order valence-corrected chi connectivity index (χ1v) is 6.97. The Balaban J connectivity index is 1.65. The minimum Gasteiger partial charge on any atom is -0.492 e. The van der Waals surface area contributed by atoms with Crippen molar-refractivity contribution in [1.29, 1.82) is 0 Å². The summed E-state index contributed by atoms with van der Waals surface area (Å²) in [6, 6.07) is 5.97. The highest BCUT2D eigenvalue weighted by atomic mass is 16.5. The normalized spacial score (nSPS) is 14.7. The number of hydrogen-bond acceptors (Lipinski definition) is 5. The molecule has 1 aliphatic rings. The number of nitrogens with zero attached hydrogens (tertiary/aromatic N) is 3. The van der Waals surface area contributed by atoms with E-state index in [1.807, 2.05) is 23.1 Å². The van der Waals surface area contributed by atoms with Crippen molar-refractivity contribution in [2.75, 3.05) is 26.8 Å². The number of hydrogen-bond donors (Lipinski definition) is 0. The van der Waals surface area contributed by atoms with E-state index in [2.05, 4.69) is 9.97 Å². The van der Waals surface area contributed by atoms with Crippen molar-refractivity contribution in [3.63, 3.8) is 0 Å². The fraction of sp³-hybridized carbons (Fsp3) is 0.400. The number of carbonyl (C=O) groups excluding carboxylic acids is 1. The number of likely N-dealkylation sites (tertiary alicyclic amines) is 1. The number of methoxy groups -OCH3 is 1. The van der Waals surface area contributed by atoms with E-state index < -0.39 is 0 Å². The predicted molar refractivity (Wildman–Crippen MR) is 77.4 cm³/mol. The predicted octanol–water partition coefficient (Wildman–Crippen LogP) is 1.64. The van der Waals surface area contributed by atoms with Gasteiger partial charge in [-0.15, -0.1) is 0 Å². The first kappa shape index (κ1) is 13.6. The maximum atomic E-state index is 11.5. The van der Waals surface area contributed by atoms with E-state index in [9.17, 15) is 4.79 Å². The van der Waals surface area contributed by atoms with Crippen LogP contribution in [-0.2, 0) is 4.79 Å². The second kappa shape index (κ2) is 5.95. The van der Waals surface area contributed by atoms with Gasteiger partial charge in [0.15, 0.2) is 0 Å². The molecule has 1 fully saturated rings. The summed E-state index contributed by atoms with van der Waals surface area (Å²) in [5.74, 6) is 0.949. The van der Waals surface area contributed by atoms with Crippen LogP contribution >= 0.6 is 0 Å². The maximum absolute atomic E-state index is 11.5. The summed E-state index contributed by atoms with van der Waals surface area (Å²) < 4.78 is 10.7. The summed E-state index contributed by atoms with van der Waals surface area (Å²) in [4.78, 5) is 21.7. The molecule has 0 saturated carbocycles. The number of amides is 1. The fourth-order valence-electron chi connectivity index (χ4n) is 2.39. The van der Waals surface area contributed by atoms with E-state index in [1.165, 1.54) is 7.11 Å². The highest BCUT2D eigenvalue weighted by Gasteiger charge is 2.19. The molecule has 1 aliphatic heterocycles. The molecule has 0 spiro atoms. The summed E-state index contributed by atoms with van der Waals surface area (Å²) in [5, 5.41) is 0.929. The Morgan fingerprint density at radius 3 is 3.05 bits per heavy atom. The highest BCUT2D eigenvalue weighted by Crippen LogP contribution is 2.20. The van der Waals surface area contributed by atoms with E-state index in [4.69, 9.17) is 9.47 Å². The molecule has 2 heterocycles. The molecule has 6 heteroatoms. The lowest BCUT2D eigenvalue weighted by Gasteiger charge is -2.15. The molecule has 21 heavy (non-hydrogen) atoms. The van der Waals surface area contributed by atoms with Gasteiger partial charge < -0.3 is 14.4 Å². The fourth-order valence-corrected chi connectivity index (χ4v) is 2.39. The Morgan fingerprint density at radius 1 is 1.38 bits per heavy atom. The Hall–Kier alpha value is -2.37. The van der Waals surface area contributed by atoms with Crippen LogP contribution < -0.4 is 9.47 Å². The summed E-state index contributed by atoms with van der Waals surface area (Å²) in [6.45, 7) is 1.95. The Labute approximate surface area is 122 Å². The second-order valence-corrected chi connectivity index (χ2v) is 4.91. The minimum absolute atomic E-state index is 0.217. The van der Waals surface area contributed by atoms with Crippen molar-refractivity contribution in [2.45, 2.75) is 12.8 Å². The average Bonchev–Trinajstić information content (AvgIpc) is 2.92. The lowest BCUT2D eigenvalue weighted by atomic mass is 10.2. The molecule has 0 unspecified atom stereocenters. The van der Waals surface area contributed by atoms with Crippen molar-refractivity contribution < 1.29 is 14.3 Å². The lowest BCUT2D eigenvalue weighted by Crippen LogP contribution is -2.29. The summed E-state index contributed by atoms with van der Waals surface area (Å²) in [6.07, 6.45) is 3.33. The molecule has 0 bridgehead atoms. The van der Waals surface area contributed by atoms with Gasteiger partial charge in [0.25, 0.3) is 0 Å². The third-order valence-electron chi connectivity index (χ3n) is 3.52. The number of benzene rings is 1. The lowest BCUT2D eigenvalue weighted by molar-refractivity contribution is -0.128. The first-order chi connectivity index (χ1) is 10.3. The molecule has 1 aromatic heterocycles. The molecule has 110 valence electrons. The van der Waals surface area contributed by atoms with Gasteiger partial charge in [0.1, 0.15) is 12.4 Å². The molecular weight excluding hydrogens is 270 g/mol. The Morgan fingerprint density at radius 2 is 2.29 bits per heavy atom. The van der Waals surface area contributed by atoms with Gasteiger partial charge in [-0.3, -0.25) is 4.79 Å². The van der Waals surface area contributed by atoms with Crippen LogP contribution in [-0.4, -0.2) is 47.6 Å². The smallest absolute Gasteiger partial charge is 0.316 e. The molecule has 1 saturated heterocycles. The molecule has 2 aromatic rings. The minimum atomic E-state index is 0.217. The Kier molecular flexibility index (Phi) is 3.85. The third-order valence-corrected chi connectivity index (χ3v) is 3.52. The number of ether oxygens (including phenoxy) is 2. The molecule has 1 amide bonds. The molecule has 0 aliphatic carbocycles. The monoisotopic (exact) mass is 287 g/mol. The van der Waals surface area contributed by atoms with E-state index in [0.717, 1.165) is 29.6 Å². The van der Waals surface area contributed by atoms with Crippen molar-refractivity contribution in [3.8, 4) is 11.8 Å². The highest BCUT2D eigenvalue weighted by molar-refractivity contribution is 5.79. The van der Waals surface area contributed by atoms with Crippen LogP contribution in [0.25, 0.3) is 10.9 Å². The van der Waals surface area contributed by atoms with Crippen LogP contribution in [0.1, 0.15) is 12.8 Å². The molecule has 1 aromatic carbocycles. The topological polar surface area (TPSA) is 64.6 Å². The van der Waals surface area contributed by atoms with Crippen molar-refractivity contribution in [3.05, 3.63) is 24.4 Å². The summed E-state index contributed by atoms with van der Waals surface area (Å²) >= 11 is 0. The van der Waals surface area contributed by atoms with Crippen molar-refractivity contribution in [1.82, 2.24) is 14.9 Å². The van der Waals surface area contributed by atoms with Crippen molar-refractivity contribution >= 4 is 16.8 Å². The zero-order valence-corrected chi connectivity index (χ0v) is 11.9. The first-order valence-electron chi connectivity index (χ1n) is 6.97. The van der Waals surface area contributed by atoms with Crippen LogP contribution in [0, 0.1) is 0 Å². The average molecular weight is 287 g/mol. The van der Waals surface area contributed by atoms with E-state index in [0.29, 0.717) is 25.6 Å². The molecular formula is C15H17N3O3. The quantitative estimate of drug-likeness (QED) is 0.836. The maximum Gasteiger partial charge on any atom is 0.316 e. The molecule has 0 N–H and O–H groups in total. The zero-order chi connectivity index (χ0) is 14.7. The molecule has 0 radical (unpaired) electrons. The number of carbonyl (C=O) groups is 1. The number of fused-ring (bicyclic) bond motifs is 1. The van der Waals surface area contributed by atoms with Gasteiger partial charge in [0.05, 0.1) is 19.2 Å². The third kappa shape index (κ3) is 3.04. The van der Waals surface area contributed by atoms with Crippen molar-refractivity contribution in [2.24, 2.45) is 0 Å². The number of rotatable bonds is 5. The van der Waals surface area contributed by atoms with Gasteiger partial charge in [-0.1, -0.05) is 0 Å². The van der Waals surface area contributed by atoms with Crippen LogP contribution in [0.4, 0.5) is 0 Å². The zero-order valence-electron chi connectivity index (χ0n) is 11.9. The van der Waals surface area contributed by atoms with E-state index in [-0.39, 0.29) is 5.91 Å².